The van der Waals surface area contributed by atoms with Gasteiger partial charge in [-0.15, -0.1) is 0 Å². The molecule has 0 saturated heterocycles. The Bertz CT molecular complexity index is 347. The van der Waals surface area contributed by atoms with Crippen molar-refractivity contribution in [1.29, 1.82) is 0 Å². The molecule has 0 heterocycles. The van der Waals surface area contributed by atoms with Gasteiger partial charge in [0.15, 0.2) is 0 Å². The first-order chi connectivity index (χ1) is 7.65. The molecule has 0 aromatic heterocycles. The van der Waals surface area contributed by atoms with Crippen molar-refractivity contribution >= 4 is 21.6 Å². The van der Waals surface area contributed by atoms with Crippen LogP contribution >= 0.6 is 15.9 Å². The van der Waals surface area contributed by atoms with Gasteiger partial charge in [-0.3, -0.25) is 0 Å². The maximum absolute atomic E-state index is 9.89. The molecule has 1 aliphatic rings. The normalized spacial score (nSPS) is 25.4. The Morgan fingerprint density at radius 1 is 1.25 bits per heavy atom. The number of rotatable bonds is 2. The monoisotopic (exact) mass is 283 g/mol. The lowest BCUT2D eigenvalue weighted by molar-refractivity contribution is 0.116. The minimum atomic E-state index is -0.201. The summed E-state index contributed by atoms with van der Waals surface area (Å²) in [6.07, 6.45) is 4.14. The zero-order valence-electron chi connectivity index (χ0n) is 9.54. The average Bonchev–Trinajstić information content (AvgIpc) is 2.20. The fourth-order valence-corrected chi connectivity index (χ4v) is 2.92. The van der Waals surface area contributed by atoms with Gasteiger partial charge in [0, 0.05) is 10.2 Å². The lowest BCUT2D eigenvalue weighted by Gasteiger charge is -2.29. The highest BCUT2D eigenvalue weighted by Crippen LogP contribution is 2.25. The molecule has 0 radical (unpaired) electrons. The maximum Gasteiger partial charge on any atom is 0.0741 e. The highest BCUT2D eigenvalue weighted by Gasteiger charge is 2.22. The zero-order valence-corrected chi connectivity index (χ0v) is 11.1. The van der Waals surface area contributed by atoms with Crippen molar-refractivity contribution in [3.63, 3.8) is 0 Å². The van der Waals surface area contributed by atoms with Crippen LogP contribution in [-0.2, 0) is 0 Å². The summed E-state index contributed by atoms with van der Waals surface area (Å²) in [7, 11) is 0. The second-order valence-electron chi connectivity index (χ2n) is 4.62. The molecule has 1 aromatic rings. The van der Waals surface area contributed by atoms with Crippen molar-refractivity contribution in [2.75, 3.05) is 5.32 Å². The van der Waals surface area contributed by atoms with Gasteiger partial charge >= 0.3 is 0 Å². The number of aliphatic hydroxyl groups excluding tert-OH is 1. The fourth-order valence-electron chi connectivity index (χ4n) is 2.31. The first-order valence-corrected chi connectivity index (χ1v) is 6.66. The Balaban J connectivity index is 2.07. The van der Waals surface area contributed by atoms with Gasteiger partial charge in [0.05, 0.1) is 12.1 Å². The molecule has 1 aliphatic carbocycles. The van der Waals surface area contributed by atoms with Crippen LogP contribution < -0.4 is 5.32 Å². The van der Waals surface area contributed by atoms with E-state index in [0.29, 0.717) is 0 Å². The summed E-state index contributed by atoms with van der Waals surface area (Å²) >= 11 is 3.49. The molecular formula is C13H18BrNO. The van der Waals surface area contributed by atoms with Crippen molar-refractivity contribution < 1.29 is 5.11 Å². The van der Waals surface area contributed by atoms with Crippen LogP contribution in [0.1, 0.15) is 31.2 Å². The van der Waals surface area contributed by atoms with Crippen molar-refractivity contribution in [2.24, 2.45) is 0 Å². The van der Waals surface area contributed by atoms with Crippen LogP contribution in [0.25, 0.3) is 0 Å². The van der Waals surface area contributed by atoms with Crippen LogP contribution in [0.3, 0.4) is 0 Å². The van der Waals surface area contributed by atoms with E-state index < -0.39 is 0 Å². The first kappa shape index (κ1) is 11.9. The number of aliphatic hydroxyl groups is 1. The van der Waals surface area contributed by atoms with Crippen molar-refractivity contribution in [3.05, 3.63) is 28.2 Å². The Morgan fingerprint density at radius 2 is 2.00 bits per heavy atom. The van der Waals surface area contributed by atoms with E-state index in [9.17, 15) is 5.11 Å². The lowest BCUT2D eigenvalue weighted by Crippen LogP contribution is -2.36. The van der Waals surface area contributed by atoms with Crippen LogP contribution in [0.15, 0.2) is 22.7 Å². The van der Waals surface area contributed by atoms with E-state index in [4.69, 9.17) is 0 Å². The standard InChI is InChI=1S/C13H18BrNO/c1-9-6-10(14)8-11(7-9)15-12-4-2-3-5-13(12)16/h6-8,12-13,15-16H,2-5H2,1H3/t12-,13-/m1/s1. The minimum absolute atomic E-state index is 0.201. The van der Waals surface area contributed by atoms with Crippen LogP contribution in [0.5, 0.6) is 0 Å². The Labute approximate surface area is 105 Å². The van der Waals surface area contributed by atoms with Crippen LogP contribution in [0.4, 0.5) is 5.69 Å². The van der Waals surface area contributed by atoms with Gasteiger partial charge in [-0.2, -0.15) is 0 Å². The van der Waals surface area contributed by atoms with Gasteiger partial charge < -0.3 is 10.4 Å². The molecule has 0 amide bonds. The van der Waals surface area contributed by atoms with Crippen LogP contribution in [-0.4, -0.2) is 17.3 Å². The van der Waals surface area contributed by atoms with E-state index in [1.165, 1.54) is 12.0 Å². The highest BCUT2D eigenvalue weighted by molar-refractivity contribution is 9.10. The third-order valence-corrected chi connectivity index (χ3v) is 3.58. The highest BCUT2D eigenvalue weighted by atomic mass is 79.9. The Hall–Kier alpha value is -0.540. The second kappa shape index (κ2) is 5.19. The number of nitrogens with one attached hydrogen (secondary N) is 1. The summed E-state index contributed by atoms with van der Waals surface area (Å²) in [6, 6.07) is 6.48. The van der Waals surface area contributed by atoms with Gasteiger partial charge in [0.25, 0.3) is 0 Å². The lowest BCUT2D eigenvalue weighted by atomic mass is 9.92. The number of halogens is 1. The zero-order chi connectivity index (χ0) is 11.5. The minimum Gasteiger partial charge on any atom is -0.391 e. The molecule has 1 aromatic carbocycles. The molecular weight excluding hydrogens is 266 g/mol. The Morgan fingerprint density at radius 3 is 2.69 bits per heavy atom. The van der Waals surface area contributed by atoms with Crippen molar-refractivity contribution in [3.8, 4) is 0 Å². The van der Waals surface area contributed by atoms with E-state index in [-0.39, 0.29) is 12.1 Å². The summed E-state index contributed by atoms with van der Waals surface area (Å²) < 4.78 is 1.08. The van der Waals surface area contributed by atoms with E-state index >= 15 is 0 Å². The summed E-state index contributed by atoms with van der Waals surface area (Å²) in [6.45, 7) is 2.08. The van der Waals surface area contributed by atoms with E-state index in [1.807, 2.05) is 0 Å². The molecule has 1 saturated carbocycles. The molecule has 0 unspecified atom stereocenters. The fraction of sp³-hybridized carbons (Fsp3) is 0.538. The number of anilines is 1. The number of hydrogen-bond donors (Lipinski definition) is 2. The SMILES string of the molecule is Cc1cc(Br)cc(N[C@@H]2CCCC[C@H]2O)c1. The molecule has 2 atom stereocenters. The Kier molecular flexibility index (Phi) is 3.87. The molecule has 0 spiro atoms. The molecule has 0 aliphatic heterocycles. The van der Waals surface area contributed by atoms with Crippen molar-refractivity contribution in [1.82, 2.24) is 0 Å². The molecule has 2 rings (SSSR count). The molecule has 88 valence electrons. The third kappa shape index (κ3) is 2.98. The predicted molar refractivity (Wildman–Crippen MR) is 70.8 cm³/mol. The smallest absolute Gasteiger partial charge is 0.0741 e. The quantitative estimate of drug-likeness (QED) is 0.871. The summed E-state index contributed by atoms with van der Waals surface area (Å²) in [5.74, 6) is 0. The second-order valence-corrected chi connectivity index (χ2v) is 5.54. The van der Waals surface area contributed by atoms with Gasteiger partial charge in [-0.1, -0.05) is 28.8 Å². The van der Waals surface area contributed by atoms with Gasteiger partial charge in [-0.05, 0) is 43.5 Å². The summed E-state index contributed by atoms with van der Waals surface area (Å²) in [4.78, 5) is 0. The third-order valence-electron chi connectivity index (χ3n) is 3.12. The van der Waals surface area contributed by atoms with Crippen molar-refractivity contribution in [2.45, 2.75) is 44.8 Å². The number of benzene rings is 1. The van der Waals surface area contributed by atoms with E-state index in [0.717, 1.165) is 29.4 Å². The molecule has 2 nitrogen and oxygen atoms in total. The number of hydrogen-bond acceptors (Lipinski definition) is 2. The molecule has 1 fully saturated rings. The van der Waals surface area contributed by atoms with E-state index in [2.05, 4.69) is 46.4 Å². The number of aryl methyl sites for hydroxylation is 1. The van der Waals surface area contributed by atoms with E-state index in [1.54, 1.807) is 0 Å². The molecule has 16 heavy (non-hydrogen) atoms. The average molecular weight is 284 g/mol. The van der Waals surface area contributed by atoms with Gasteiger partial charge in [0.2, 0.25) is 0 Å². The predicted octanol–water partition coefficient (Wildman–Crippen LogP) is 3.47. The van der Waals surface area contributed by atoms with Gasteiger partial charge in [0.1, 0.15) is 0 Å². The summed E-state index contributed by atoms with van der Waals surface area (Å²) in [5, 5.41) is 13.3. The first-order valence-electron chi connectivity index (χ1n) is 5.87. The molecule has 3 heteroatoms. The largest absolute Gasteiger partial charge is 0.391 e. The maximum atomic E-state index is 9.89. The molecule has 0 bridgehead atoms. The topological polar surface area (TPSA) is 32.3 Å². The molecule has 2 N–H and O–H groups in total. The van der Waals surface area contributed by atoms with Crippen LogP contribution in [0.2, 0.25) is 0 Å². The van der Waals surface area contributed by atoms with Crippen LogP contribution in [0, 0.1) is 6.92 Å². The summed E-state index contributed by atoms with van der Waals surface area (Å²) in [5.41, 5.74) is 2.32. The van der Waals surface area contributed by atoms with Gasteiger partial charge in [-0.25, -0.2) is 0 Å².